The van der Waals surface area contributed by atoms with E-state index in [-0.39, 0.29) is 23.8 Å². The molecule has 0 unspecified atom stereocenters. The number of anilines is 1. The lowest BCUT2D eigenvalue weighted by Gasteiger charge is -2.35. The molecular formula is C29H41N3O3. The van der Waals surface area contributed by atoms with Crippen molar-refractivity contribution < 1.29 is 14.3 Å². The summed E-state index contributed by atoms with van der Waals surface area (Å²) in [6.45, 7) is 8.72. The van der Waals surface area contributed by atoms with Crippen molar-refractivity contribution in [3.8, 4) is 5.75 Å². The first kappa shape index (κ1) is 26.6. The lowest BCUT2D eigenvalue weighted by molar-refractivity contribution is 0.0521. The van der Waals surface area contributed by atoms with Crippen molar-refractivity contribution in [2.75, 3.05) is 45.2 Å². The van der Waals surface area contributed by atoms with E-state index in [9.17, 15) is 9.59 Å². The van der Waals surface area contributed by atoms with Crippen LogP contribution in [-0.2, 0) is 0 Å². The standard InChI is InChI=1S/C29H41N3O3/c1-6-31-19-11-7-8-12-20-32(28(33)23-15-17-24(18-16-23)30(4)5)26(22(2)3)21-35-27-14-10-9-13-25(27)29(31)34/h9-10,13-18,22,26H,6-8,11-12,19-21H2,1-5H3/t26-/m1/s1. The van der Waals surface area contributed by atoms with Crippen LogP contribution in [-0.4, -0.2) is 68.0 Å². The van der Waals surface area contributed by atoms with Crippen molar-refractivity contribution in [1.29, 1.82) is 0 Å². The van der Waals surface area contributed by atoms with Gasteiger partial charge in [-0.15, -0.1) is 0 Å². The summed E-state index contributed by atoms with van der Waals surface area (Å²) in [6.07, 6.45) is 3.95. The topological polar surface area (TPSA) is 53.1 Å². The van der Waals surface area contributed by atoms with Crippen LogP contribution in [0.3, 0.4) is 0 Å². The van der Waals surface area contributed by atoms with Crippen LogP contribution in [0.1, 0.15) is 67.2 Å². The van der Waals surface area contributed by atoms with Crippen molar-refractivity contribution in [2.45, 2.75) is 52.5 Å². The monoisotopic (exact) mass is 479 g/mol. The molecule has 0 fully saturated rings. The van der Waals surface area contributed by atoms with Gasteiger partial charge in [0.2, 0.25) is 0 Å². The van der Waals surface area contributed by atoms with Crippen LogP contribution in [0.15, 0.2) is 48.5 Å². The Morgan fingerprint density at radius 1 is 1.00 bits per heavy atom. The number of nitrogens with zero attached hydrogens (tertiary/aromatic N) is 3. The van der Waals surface area contributed by atoms with E-state index in [4.69, 9.17) is 4.74 Å². The number of amides is 2. The summed E-state index contributed by atoms with van der Waals surface area (Å²) in [5, 5.41) is 0. The molecule has 0 aromatic heterocycles. The summed E-state index contributed by atoms with van der Waals surface area (Å²) in [5.74, 6) is 0.825. The molecule has 190 valence electrons. The molecule has 0 radical (unpaired) electrons. The van der Waals surface area contributed by atoms with Gasteiger partial charge in [0.15, 0.2) is 0 Å². The SMILES string of the molecule is CCN1CCCCCCN(C(=O)c2ccc(N(C)C)cc2)[C@@H](C(C)C)COc2ccccc2C1=O. The molecule has 1 heterocycles. The van der Waals surface area contributed by atoms with Crippen LogP contribution in [0.5, 0.6) is 5.75 Å². The minimum atomic E-state index is -0.107. The largest absolute Gasteiger partial charge is 0.491 e. The zero-order chi connectivity index (χ0) is 25.4. The Labute approximate surface area is 210 Å². The third-order valence-electron chi connectivity index (χ3n) is 6.83. The van der Waals surface area contributed by atoms with Crippen LogP contribution in [0.25, 0.3) is 0 Å². The van der Waals surface area contributed by atoms with Gasteiger partial charge in [0, 0.05) is 45.0 Å². The Morgan fingerprint density at radius 2 is 1.66 bits per heavy atom. The number of fused-ring (bicyclic) bond motifs is 1. The Kier molecular flexibility index (Phi) is 9.58. The molecule has 1 aliphatic rings. The molecule has 0 saturated carbocycles. The van der Waals surface area contributed by atoms with Crippen molar-refractivity contribution in [2.24, 2.45) is 5.92 Å². The van der Waals surface area contributed by atoms with Gasteiger partial charge in [-0.3, -0.25) is 9.59 Å². The minimum absolute atomic E-state index is 0.00942. The number of para-hydroxylation sites is 1. The van der Waals surface area contributed by atoms with Gasteiger partial charge in [-0.05, 0) is 62.1 Å². The summed E-state index contributed by atoms with van der Waals surface area (Å²) in [4.78, 5) is 32.9. The lowest BCUT2D eigenvalue weighted by Crippen LogP contribution is -2.47. The van der Waals surface area contributed by atoms with E-state index in [0.717, 1.165) is 37.9 Å². The Morgan fingerprint density at radius 3 is 2.29 bits per heavy atom. The molecule has 35 heavy (non-hydrogen) atoms. The number of ether oxygens (including phenoxy) is 1. The molecule has 0 bridgehead atoms. The summed E-state index contributed by atoms with van der Waals surface area (Å²) < 4.78 is 6.29. The van der Waals surface area contributed by atoms with Gasteiger partial charge in [0.05, 0.1) is 11.6 Å². The molecule has 1 aliphatic heterocycles. The molecular weight excluding hydrogens is 438 g/mol. The summed E-state index contributed by atoms with van der Waals surface area (Å²) in [7, 11) is 3.98. The van der Waals surface area contributed by atoms with Crippen LogP contribution in [0, 0.1) is 5.92 Å². The van der Waals surface area contributed by atoms with Gasteiger partial charge in [-0.1, -0.05) is 38.8 Å². The van der Waals surface area contributed by atoms with E-state index in [1.54, 1.807) is 0 Å². The highest BCUT2D eigenvalue weighted by Gasteiger charge is 2.29. The molecule has 1 atom stereocenters. The van der Waals surface area contributed by atoms with E-state index < -0.39 is 0 Å². The van der Waals surface area contributed by atoms with Crippen LogP contribution >= 0.6 is 0 Å². The quantitative estimate of drug-likeness (QED) is 0.594. The molecule has 2 amide bonds. The predicted molar refractivity (Wildman–Crippen MR) is 142 cm³/mol. The van der Waals surface area contributed by atoms with Crippen LogP contribution in [0.4, 0.5) is 5.69 Å². The van der Waals surface area contributed by atoms with E-state index in [1.807, 2.05) is 84.2 Å². The van der Waals surface area contributed by atoms with Gasteiger partial charge < -0.3 is 19.4 Å². The highest BCUT2D eigenvalue weighted by molar-refractivity contribution is 5.97. The number of rotatable bonds is 4. The first-order valence-corrected chi connectivity index (χ1v) is 12.9. The molecule has 0 spiro atoms. The van der Waals surface area contributed by atoms with Crippen molar-refractivity contribution in [1.82, 2.24) is 9.80 Å². The van der Waals surface area contributed by atoms with E-state index in [2.05, 4.69) is 13.8 Å². The Bertz CT molecular complexity index is 971. The zero-order valence-corrected chi connectivity index (χ0v) is 22.0. The molecule has 6 heteroatoms. The van der Waals surface area contributed by atoms with Crippen molar-refractivity contribution >= 4 is 17.5 Å². The molecule has 3 rings (SSSR count). The van der Waals surface area contributed by atoms with Gasteiger partial charge in [0.1, 0.15) is 12.4 Å². The number of carbonyl (C=O) groups excluding carboxylic acids is 2. The second kappa shape index (κ2) is 12.6. The normalized spacial score (nSPS) is 18.0. The Balaban J connectivity index is 1.91. The minimum Gasteiger partial charge on any atom is -0.491 e. The van der Waals surface area contributed by atoms with E-state index in [1.165, 1.54) is 0 Å². The van der Waals surface area contributed by atoms with Gasteiger partial charge in [-0.25, -0.2) is 0 Å². The number of hydrogen-bond acceptors (Lipinski definition) is 4. The average molecular weight is 480 g/mol. The first-order chi connectivity index (χ1) is 16.8. The van der Waals surface area contributed by atoms with Gasteiger partial charge in [-0.2, -0.15) is 0 Å². The lowest BCUT2D eigenvalue weighted by atomic mass is 10.0. The second-order valence-electron chi connectivity index (χ2n) is 9.86. The highest BCUT2D eigenvalue weighted by atomic mass is 16.5. The summed E-state index contributed by atoms with van der Waals surface area (Å²) in [6, 6.07) is 15.2. The van der Waals surface area contributed by atoms with Crippen LogP contribution < -0.4 is 9.64 Å². The third kappa shape index (κ3) is 6.77. The number of benzene rings is 2. The van der Waals surface area contributed by atoms with Gasteiger partial charge in [0.25, 0.3) is 11.8 Å². The average Bonchev–Trinajstić information content (AvgIpc) is 2.86. The predicted octanol–water partition coefficient (Wildman–Crippen LogP) is 5.33. The highest BCUT2D eigenvalue weighted by Crippen LogP contribution is 2.24. The maximum atomic E-state index is 13.7. The smallest absolute Gasteiger partial charge is 0.257 e. The fraction of sp³-hybridized carbons (Fsp3) is 0.517. The molecule has 0 N–H and O–H groups in total. The number of hydrogen-bond donors (Lipinski definition) is 0. The van der Waals surface area contributed by atoms with Crippen LogP contribution in [0.2, 0.25) is 0 Å². The molecule has 0 aliphatic carbocycles. The maximum absolute atomic E-state index is 13.7. The summed E-state index contributed by atoms with van der Waals surface area (Å²) in [5.41, 5.74) is 2.34. The molecule has 6 nitrogen and oxygen atoms in total. The molecule has 0 saturated heterocycles. The molecule has 2 aromatic carbocycles. The van der Waals surface area contributed by atoms with E-state index in [0.29, 0.717) is 36.6 Å². The maximum Gasteiger partial charge on any atom is 0.257 e. The fourth-order valence-electron chi connectivity index (χ4n) is 4.58. The van der Waals surface area contributed by atoms with Gasteiger partial charge >= 0.3 is 0 Å². The zero-order valence-electron chi connectivity index (χ0n) is 22.0. The first-order valence-electron chi connectivity index (χ1n) is 12.9. The summed E-state index contributed by atoms with van der Waals surface area (Å²) >= 11 is 0. The van der Waals surface area contributed by atoms with Crippen molar-refractivity contribution in [3.63, 3.8) is 0 Å². The second-order valence-corrected chi connectivity index (χ2v) is 9.86. The molecule has 2 aromatic rings. The van der Waals surface area contributed by atoms with Crippen molar-refractivity contribution in [3.05, 3.63) is 59.7 Å². The third-order valence-corrected chi connectivity index (χ3v) is 6.83. The number of carbonyl (C=O) groups is 2. The Hall–Kier alpha value is -3.02. The fourth-order valence-corrected chi connectivity index (χ4v) is 4.58. The van der Waals surface area contributed by atoms with E-state index >= 15 is 0 Å².